The summed E-state index contributed by atoms with van der Waals surface area (Å²) in [6.45, 7) is 11.7. The predicted molar refractivity (Wildman–Crippen MR) is 82.8 cm³/mol. The summed E-state index contributed by atoms with van der Waals surface area (Å²) in [5.41, 5.74) is 2.28. The Labute approximate surface area is 119 Å². The molecule has 0 aliphatic carbocycles. The first kappa shape index (κ1) is 16.2. The van der Waals surface area contributed by atoms with Crippen molar-refractivity contribution in [2.75, 3.05) is 13.2 Å². The predicted octanol–water partition coefficient (Wildman–Crippen LogP) is 3.19. The molecule has 1 rings (SSSR count). The van der Waals surface area contributed by atoms with Crippen molar-refractivity contribution in [2.45, 2.75) is 39.5 Å². The number of benzene rings is 1. The molecule has 0 N–H and O–H groups in total. The largest absolute Gasteiger partial charge is 0.357 e. The molecule has 2 nitrogen and oxygen atoms in total. The molecule has 0 saturated heterocycles. The topological polar surface area (TPSA) is 18.5 Å². The van der Waals surface area contributed by atoms with Crippen molar-refractivity contribution in [1.29, 1.82) is 0 Å². The van der Waals surface area contributed by atoms with Crippen LogP contribution in [-0.4, -0.2) is 28.6 Å². The van der Waals surface area contributed by atoms with Gasteiger partial charge in [-0.15, -0.1) is 0 Å². The van der Waals surface area contributed by atoms with Crippen LogP contribution in [0.4, 0.5) is 0 Å². The van der Waals surface area contributed by atoms with E-state index < -0.39 is 0 Å². The van der Waals surface area contributed by atoms with Gasteiger partial charge in [-0.1, -0.05) is 55.5 Å². The summed E-state index contributed by atoms with van der Waals surface area (Å²) in [7, 11) is 0.519. The first-order valence-electron chi connectivity index (χ1n) is 6.93. The first-order chi connectivity index (χ1) is 9.17. The fourth-order valence-corrected chi connectivity index (χ4v) is 2.70. The van der Waals surface area contributed by atoms with Gasteiger partial charge in [-0.2, -0.15) is 0 Å². The van der Waals surface area contributed by atoms with E-state index in [9.17, 15) is 0 Å². The van der Waals surface area contributed by atoms with E-state index in [-0.39, 0.29) is 5.91 Å². The van der Waals surface area contributed by atoms with Crippen molar-refractivity contribution >= 4 is 20.3 Å². The van der Waals surface area contributed by atoms with Gasteiger partial charge in [0.05, 0.1) is 0 Å². The van der Waals surface area contributed by atoms with Gasteiger partial charge in [-0.05, 0) is 25.3 Å². The average Bonchev–Trinajstić information content (AvgIpc) is 2.42. The lowest BCUT2D eigenvalue weighted by Crippen LogP contribution is -2.33. The summed E-state index contributed by atoms with van der Waals surface area (Å²) in [4.78, 5) is 0. The van der Waals surface area contributed by atoms with Gasteiger partial charge in [0.15, 0.2) is 9.52 Å². The molecule has 0 heterocycles. The molecule has 3 heteroatoms. The Morgan fingerprint density at radius 2 is 1.84 bits per heavy atom. The lowest BCUT2D eigenvalue weighted by Gasteiger charge is -2.17. The highest BCUT2D eigenvalue weighted by atomic mass is 28.2. The SMILES string of the molecule is C=C(C)c1cccc([Si]C(OCCC)OCCC)c1. The molecule has 2 radical (unpaired) electrons. The van der Waals surface area contributed by atoms with Crippen LogP contribution in [0.1, 0.15) is 39.2 Å². The van der Waals surface area contributed by atoms with Crippen LogP contribution in [0.2, 0.25) is 0 Å². The van der Waals surface area contributed by atoms with Gasteiger partial charge >= 0.3 is 0 Å². The number of allylic oxidation sites excluding steroid dienone is 1. The summed E-state index contributed by atoms with van der Waals surface area (Å²) in [5.74, 6) is -0.111. The summed E-state index contributed by atoms with van der Waals surface area (Å²) in [5, 5.41) is 1.26. The molecule has 0 aliphatic rings. The normalized spacial score (nSPS) is 10.9. The van der Waals surface area contributed by atoms with Gasteiger partial charge in [-0.3, -0.25) is 0 Å². The summed E-state index contributed by atoms with van der Waals surface area (Å²) >= 11 is 0. The van der Waals surface area contributed by atoms with Crippen LogP contribution in [-0.2, 0) is 9.47 Å². The second-order valence-corrected chi connectivity index (χ2v) is 5.92. The molecule has 0 aromatic heterocycles. The zero-order valence-electron chi connectivity index (χ0n) is 12.2. The van der Waals surface area contributed by atoms with Gasteiger partial charge in [0.25, 0.3) is 0 Å². The second kappa shape index (κ2) is 9.07. The van der Waals surface area contributed by atoms with Gasteiger partial charge < -0.3 is 9.47 Å². The third-order valence-electron chi connectivity index (χ3n) is 2.59. The number of hydrogen-bond donors (Lipinski definition) is 0. The Morgan fingerprint density at radius 3 is 2.37 bits per heavy atom. The van der Waals surface area contributed by atoms with Gasteiger partial charge in [0.2, 0.25) is 0 Å². The van der Waals surface area contributed by atoms with Crippen molar-refractivity contribution in [3.05, 3.63) is 36.4 Å². The zero-order valence-corrected chi connectivity index (χ0v) is 13.2. The van der Waals surface area contributed by atoms with Crippen LogP contribution >= 0.6 is 0 Å². The van der Waals surface area contributed by atoms with Crippen molar-refractivity contribution in [1.82, 2.24) is 0 Å². The molecule has 0 spiro atoms. The summed E-state index contributed by atoms with van der Waals surface area (Å²) < 4.78 is 11.5. The molecular weight excluding hydrogens is 252 g/mol. The van der Waals surface area contributed by atoms with Crippen LogP contribution in [0, 0.1) is 0 Å². The van der Waals surface area contributed by atoms with Crippen LogP contribution in [0.5, 0.6) is 0 Å². The van der Waals surface area contributed by atoms with Crippen molar-refractivity contribution < 1.29 is 9.47 Å². The van der Waals surface area contributed by atoms with Crippen LogP contribution in [0.15, 0.2) is 30.8 Å². The highest BCUT2D eigenvalue weighted by Crippen LogP contribution is 2.08. The highest BCUT2D eigenvalue weighted by Gasteiger charge is 2.12. The highest BCUT2D eigenvalue weighted by molar-refractivity contribution is 6.54. The zero-order chi connectivity index (χ0) is 14.1. The molecule has 104 valence electrons. The van der Waals surface area contributed by atoms with Crippen molar-refractivity contribution in [3.63, 3.8) is 0 Å². The molecule has 0 aliphatic heterocycles. The minimum atomic E-state index is -0.111. The van der Waals surface area contributed by atoms with Crippen LogP contribution < -0.4 is 5.19 Å². The monoisotopic (exact) mass is 276 g/mol. The van der Waals surface area contributed by atoms with E-state index in [1.807, 2.05) is 6.92 Å². The van der Waals surface area contributed by atoms with Crippen LogP contribution in [0.3, 0.4) is 0 Å². The molecule has 0 bridgehead atoms. The molecule has 1 aromatic carbocycles. The quantitative estimate of drug-likeness (QED) is 0.509. The van der Waals surface area contributed by atoms with E-state index in [0.29, 0.717) is 9.52 Å². The smallest absolute Gasteiger partial charge is 0.157 e. The molecule has 0 unspecified atom stereocenters. The van der Waals surface area contributed by atoms with E-state index in [1.165, 1.54) is 10.8 Å². The van der Waals surface area contributed by atoms with E-state index >= 15 is 0 Å². The maximum Gasteiger partial charge on any atom is 0.157 e. The van der Waals surface area contributed by atoms with E-state index in [0.717, 1.165) is 31.6 Å². The van der Waals surface area contributed by atoms with Gasteiger partial charge in [0, 0.05) is 13.2 Å². The molecule has 19 heavy (non-hydrogen) atoms. The molecule has 0 saturated carbocycles. The lowest BCUT2D eigenvalue weighted by atomic mass is 10.1. The minimum Gasteiger partial charge on any atom is -0.357 e. The molecule has 0 fully saturated rings. The van der Waals surface area contributed by atoms with E-state index in [1.54, 1.807) is 0 Å². The molecule has 1 aromatic rings. The maximum atomic E-state index is 5.77. The fourth-order valence-electron chi connectivity index (χ4n) is 1.59. The van der Waals surface area contributed by atoms with E-state index in [2.05, 4.69) is 44.7 Å². The van der Waals surface area contributed by atoms with Gasteiger partial charge in [0.1, 0.15) is 5.91 Å². The fraction of sp³-hybridized carbons (Fsp3) is 0.500. The Kier molecular flexibility index (Phi) is 7.71. The molecule has 0 atom stereocenters. The van der Waals surface area contributed by atoms with Crippen molar-refractivity contribution in [3.8, 4) is 0 Å². The Bertz CT molecular complexity index is 382. The number of ether oxygens (including phenoxy) is 2. The van der Waals surface area contributed by atoms with Crippen molar-refractivity contribution in [2.24, 2.45) is 0 Å². The minimum absolute atomic E-state index is 0.111. The summed E-state index contributed by atoms with van der Waals surface area (Å²) in [6.07, 6.45) is 2.03. The Morgan fingerprint density at radius 1 is 1.21 bits per heavy atom. The first-order valence-corrected chi connectivity index (χ1v) is 8.00. The maximum absolute atomic E-state index is 5.77. The third kappa shape index (κ3) is 6.19. The number of hydrogen-bond acceptors (Lipinski definition) is 2. The summed E-state index contributed by atoms with van der Waals surface area (Å²) in [6, 6.07) is 8.47. The lowest BCUT2D eigenvalue weighted by molar-refractivity contribution is -0.0894. The number of rotatable bonds is 9. The second-order valence-electron chi connectivity index (χ2n) is 4.58. The standard InChI is InChI=1S/C16H24O2Si/c1-5-10-17-16(18-11-6-2)19-15-9-7-8-14(12-15)13(3)4/h7-9,12,16H,3,5-6,10-11H2,1-2,4H3. The third-order valence-corrected chi connectivity index (χ3v) is 3.80. The average molecular weight is 276 g/mol. The Hall–Kier alpha value is -0.903. The molecule has 0 amide bonds. The molecular formula is C16H24O2Si. The Balaban J connectivity index is 2.65. The van der Waals surface area contributed by atoms with E-state index in [4.69, 9.17) is 9.47 Å². The van der Waals surface area contributed by atoms with Gasteiger partial charge in [-0.25, -0.2) is 0 Å². The van der Waals surface area contributed by atoms with Crippen LogP contribution in [0.25, 0.3) is 5.57 Å².